The van der Waals surface area contributed by atoms with E-state index >= 15 is 0 Å². The second-order valence-electron chi connectivity index (χ2n) is 4.88. The van der Waals surface area contributed by atoms with Crippen LogP contribution in [-0.4, -0.2) is 4.98 Å². The van der Waals surface area contributed by atoms with Crippen LogP contribution < -0.4 is 0 Å². The first-order valence-corrected chi connectivity index (χ1v) is 6.19. The van der Waals surface area contributed by atoms with E-state index in [9.17, 15) is 0 Å². The molecular weight excluding hydrogens is 206 g/mol. The predicted molar refractivity (Wildman–Crippen MR) is 71.2 cm³/mol. The molecular formula is C16H13N. The summed E-state index contributed by atoms with van der Waals surface area (Å²) in [6.45, 7) is 0. The van der Waals surface area contributed by atoms with Crippen LogP contribution in [0.2, 0.25) is 0 Å². The first kappa shape index (κ1) is 9.17. The highest BCUT2D eigenvalue weighted by Crippen LogP contribution is 2.44. The van der Waals surface area contributed by atoms with Crippen LogP contribution in [0.4, 0.5) is 0 Å². The van der Waals surface area contributed by atoms with Crippen molar-refractivity contribution in [3.8, 4) is 0 Å². The monoisotopic (exact) mass is 219 g/mol. The molecule has 0 saturated heterocycles. The maximum atomic E-state index is 4.28. The average molecular weight is 219 g/mol. The SMILES string of the molecule is c1ccc2c(c1)cc(C1CC1)c1ccncc12. The third kappa shape index (κ3) is 1.35. The Labute approximate surface area is 100 Å². The summed E-state index contributed by atoms with van der Waals surface area (Å²) in [5, 5.41) is 5.35. The molecule has 0 amide bonds. The molecule has 0 N–H and O–H groups in total. The van der Waals surface area contributed by atoms with E-state index in [0.29, 0.717) is 0 Å². The van der Waals surface area contributed by atoms with Crippen molar-refractivity contribution in [1.82, 2.24) is 4.98 Å². The summed E-state index contributed by atoms with van der Waals surface area (Å²) in [7, 11) is 0. The van der Waals surface area contributed by atoms with Crippen molar-refractivity contribution in [2.24, 2.45) is 0 Å². The highest BCUT2D eigenvalue weighted by Gasteiger charge is 2.25. The second kappa shape index (κ2) is 3.30. The Hall–Kier alpha value is -1.89. The van der Waals surface area contributed by atoms with Gasteiger partial charge in [-0.2, -0.15) is 0 Å². The van der Waals surface area contributed by atoms with E-state index in [0.717, 1.165) is 5.92 Å². The second-order valence-corrected chi connectivity index (χ2v) is 4.88. The van der Waals surface area contributed by atoms with Crippen molar-refractivity contribution in [2.75, 3.05) is 0 Å². The first-order valence-electron chi connectivity index (χ1n) is 6.19. The molecule has 1 aliphatic carbocycles. The van der Waals surface area contributed by atoms with E-state index in [2.05, 4.69) is 41.4 Å². The Morgan fingerprint density at radius 2 is 1.82 bits per heavy atom. The molecule has 1 aromatic heterocycles. The molecule has 1 heterocycles. The molecule has 0 bridgehead atoms. The third-order valence-electron chi connectivity index (χ3n) is 3.71. The van der Waals surface area contributed by atoms with Gasteiger partial charge in [0, 0.05) is 17.8 Å². The summed E-state index contributed by atoms with van der Waals surface area (Å²) in [5.41, 5.74) is 1.51. The number of fused-ring (bicyclic) bond motifs is 3. The van der Waals surface area contributed by atoms with E-state index in [1.807, 2.05) is 12.4 Å². The molecule has 4 rings (SSSR count). The lowest BCUT2D eigenvalue weighted by atomic mass is 9.96. The van der Waals surface area contributed by atoms with Crippen molar-refractivity contribution < 1.29 is 0 Å². The summed E-state index contributed by atoms with van der Waals surface area (Å²) in [6.07, 6.45) is 6.60. The minimum atomic E-state index is 0.782. The molecule has 82 valence electrons. The van der Waals surface area contributed by atoms with Crippen molar-refractivity contribution in [1.29, 1.82) is 0 Å². The van der Waals surface area contributed by atoms with Crippen molar-refractivity contribution in [3.05, 3.63) is 54.4 Å². The minimum absolute atomic E-state index is 0.782. The number of rotatable bonds is 1. The van der Waals surface area contributed by atoms with Gasteiger partial charge in [-0.3, -0.25) is 4.98 Å². The van der Waals surface area contributed by atoms with Crippen LogP contribution >= 0.6 is 0 Å². The van der Waals surface area contributed by atoms with Crippen molar-refractivity contribution in [2.45, 2.75) is 18.8 Å². The zero-order valence-electron chi connectivity index (χ0n) is 9.56. The van der Waals surface area contributed by atoms with Gasteiger partial charge in [-0.05, 0) is 46.5 Å². The van der Waals surface area contributed by atoms with Gasteiger partial charge in [0.1, 0.15) is 0 Å². The molecule has 2 aromatic carbocycles. The summed E-state index contributed by atoms with van der Waals surface area (Å²) in [4.78, 5) is 4.28. The lowest BCUT2D eigenvalue weighted by Crippen LogP contribution is -1.86. The van der Waals surface area contributed by atoms with Crippen molar-refractivity contribution in [3.63, 3.8) is 0 Å². The third-order valence-corrected chi connectivity index (χ3v) is 3.71. The smallest absolute Gasteiger partial charge is 0.0352 e. The Kier molecular flexibility index (Phi) is 1.78. The van der Waals surface area contributed by atoms with Gasteiger partial charge in [0.25, 0.3) is 0 Å². The number of benzene rings is 2. The largest absolute Gasteiger partial charge is 0.264 e. The lowest BCUT2D eigenvalue weighted by molar-refractivity contribution is 1.15. The number of hydrogen-bond acceptors (Lipinski definition) is 1. The number of pyridine rings is 1. The standard InChI is InChI=1S/C16H13N/c1-2-4-13-12(3-1)9-15(11-5-6-11)14-7-8-17-10-16(13)14/h1-4,7-11H,5-6H2. The van der Waals surface area contributed by atoms with Crippen LogP contribution in [0.15, 0.2) is 48.8 Å². The van der Waals surface area contributed by atoms with Gasteiger partial charge in [0.05, 0.1) is 0 Å². The Bertz CT molecular complexity index is 711. The molecule has 0 aliphatic heterocycles. The molecule has 1 aliphatic rings. The molecule has 0 atom stereocenters. The van der Waals surface area contributed by atoms with E-state index in [1.165, 1.54) is 39.9 Å². The molecule has 3 aromatic rings. The van der Waals surface area contributed by atoms with Gasteiger partial charge in [-0.25, -0.2) is 0 Å². The fraction of sp³-hybridized carbons (Fsp3) is 0.188. The van der Waals surface area contributed by atoms with E-state index < -0.39 is 0 Å². The Morgan fingerprint density at radius 1 is 0.941 bits per heavy atom. The normalized spacial score (nSPS) is 15.5. The topological polar surface area (TPSA) is 12.9 Å². The summed E-state index contributed by atoms with van der Waals surface area (Å²) < 4.78 is 0. The Balaban J connectivity index is 2.22. The maximum absolute atomic E-state index is 4.28. The van der Waals surface area contributed by atoms with Crippen LogP contribution in [0.3, 0.4) is 0 Å². The molecule has 0 radical (unpaired) electrons. The van der Waals surface area contributed by atoms with Gasteiger partial charge < -0.3 is 0 Å². The summed E-state index contributed by atoms with van der Waals surface area (Å²) in [5.74, 6) is 0.782. The van der Waals surface area contributed by atoms with Crippen LogP contribution in [0.5, 0.6) is 0 Å². The minimum Gasteiger partial charge on any atom is -0.264 e. The number of nitrogens with zero attached hydrogens (tertiary/aromatic N) is 1. The van der Waals surface area contributed by atoms with Crippen LogP contribution in [-0.2, 0) is 0 Å². The molecule has 0 spiro atoms. The van der Waals surface area contributed by atoms with E-state index in [1.54, 1.807) is 0 Å². The Morgan fingerprint density at radius 3 is 2.71 bits per heavy atom. The zero-order chi connectivity index (χ0) is 11.2. The van der Waals surface area contributed by atoms with Gasteiger partial charge in [0.2, 0.25) is 0 Å². The van der Waals surface area contributed by atoms with Crippen LogP contribution in [0.25, 0.3) is 21.5 Å². The first-order chi connectivity index (χ1) is 8.43. The molecule has 17 heavy (non-hydrogen) atoms. The van der Waals surface area contributed by atoms with Gasteiger partial charge in [-0.15, -0.1) is 0 Å². The van der Waals surface area contributed by atoms with Crippen molar-refractivity contribution >= 4 is 21.5 Å². The molecule has 1 nitrogen and oxygen atoms in total. The highest BCUT2D eigenvalue weighted by molar-refractivity contribution is 6.08. The molecule has 1 heteroatoms. The molecule has 1 saturated carbocycles. The highest BCUT2D eigenvalue weighted by atomic mass is 14.6. The van der Waals surface area contributed by atoms with Crippen LogP contribution in [0.1, 0.15) is 24.3 Å². The average Bonchev–Trinajstić information content (AvgIpc) is 3.22. The molecule has 1 fully saturated rings. The fourth-order valence-electron chi connectivity index (χ4n) is 2.71. The number of hydrogen-bond donors (Lipinski definition) is 0. The maximum Gasteiger partial charge on any atom is 0.0352 e. The zero-order valence-corrected chi connectivity index (χ0v) is 9.56. The quantitative estimate of drug-likeness (QED) is 0.557. The number of aromatic nitrogens is 1. The van der Waals surface area contributed by atoms with E-state index in [4.69, 9.17) is 0 Å². The van der Waals surface area contributed by atoms with E-state index in [-0.39, 0.29) is 0 Å². The van der Waals surface area contributed by atoms with Gasteiger partial charge in [0.15, 0.2) is 0 Å². The van der Waals surface area contributed by atoms with Crippen LogP contribution in [0, 0.1) is 0 Å². The molecule has 0 unspecified atom stereocenters. The fourth-order valence-corrected chi connectivity index (χ4v) is 2.71. The predicted octanol–water partition coefficient (Wildman–Crippen LogP) is 4.27. The summed E-state index contributed by atoms with van der Waals surface area (Å²) in [6, 6.07) is 13.1. The van der Waals surface area contributed by atoms with Gasteiger partial charge >= 0.3 is 0 Å². The van der Waals surface area contributed by atoms with Gasteiger partial charge in [-0.1, -0.05) is 30.3 Å². The lowest BCUT2D eigenvalue weighted by Gasteiger charge is -2.09. The summed E-state index contributed by atoms with van der Waals surface area (Å²) >= 11 is 0.